The molecule has 0 aromatic carbocycles. The van der Waals surface area contributed by atoms with Crippen LogP contribution in [0.15, 0.2) is 12.4 Å². The molecule has 0 radical (unpaired) electrons. The number of aromatic nitrogens is 2. The van der Waals surface area contributed by atoms with E-state index in [2.05, 4.69) is 39.5 Å². The fourth-order valence-corrected chi connectivity index (χ4v) is 2.02. The number of hydrogen-bond donors (Lipinski definition) is 1. The van der Waals surface area contributed by atoms with Gasteiger partial charge in [-0.25, -0.2) is 0 Å². The van der Waals surface area contributed by atoms with Crippen LogP contribution in [0.4, 0.5) is 0 Å². The van der Waals surface area contributed by atoms with Crippen molar-refractivity contribution in [2.24, 2.45) is 7.05 Å². The van der Waals surface area contributed by atoms with Crippen LogP contribution in [-0.2, 0) is 13.5 Å². The minimum atomic E-state index is 0.589. The summed E-state index contributed by atoms with van der Waals surface area (Å²) in [5, 5.41) is 8.67. The molecule has 0 saturated heterocycles. The van der Waals surface area contributed by atoms with E-state index in [4.69, 9.17) is 0 Å². The second kappa shape index (κ2) is 6.19. The molecule has 1 atom stereocenters. The second-order valence-electron chi connectivity index (χ2n) is 3.61. The summed E-state index contributed by atoms with van der Waals surface area (Å²) in [6, 6.07) is 0.589. The Morgan fingerprint density at radius 2 is 2.43 bits per heavy atom. The average molecular weight is 260 g/mol. The Morgan fingerprint density at radius 3 is 3.00 bits per heavy atom. The van der Waals surface area contributed by atoms with Crippen LogP contribution in [0.2, 0.25) is 0 Å². The molecule has 0 amide bonds. The monoisotopic (exact) mass is 259 g/mol. The van der Waals surface area contributed by atoms with Crippen molar-refractivity contribution in [1.29, 1.82) is 0 Å². The smallest absolute Gasteiger partial charge is 0.0522 e. The lowest BCUT2D eigenvalue weighted by molar-refractivity contribution is 0.541. The van der Waals surface area contributed by atoms with Crippen LogP contribution in [0.5, 0.6) is 0 Å². The predicted octanol–water partition coefficient (Wildman–Crippen LogP) is 1.73. The quantitative estimate of drug-likeness (QED) is 0.789. The Morgan fingerprint density at radius 1 is 1.64 bits per heavy atom. The summed E-state index contributed by atoms with van der Waals surface area (Å²) in [6.07, 6.45) is 6.22. The van der Waals surface area contributed by atoms with E-state index >= 15 is 0 Å². The maximum atomic E-state index is 4.13. The van der Waals surface area contributed by atoms with E-state index < -0.39 is 0 Å². The highest BCUT2D eigenvalue weighted by molar-refractivity contribution is 9.09. The first kappa shape index (κ1) is 11.7. The zero-order valence-electron chi connectivity index (χ0n) is 8.83. The van der Waals surface area contributed by atoms with Crippen LogP contribution in [0.25, 0.3) is 0 Å². The number of hydrogen-bond acceptors (Lipinski definition) is 2. The first-order valence-electron chi connectivity index (χ1n) is 4.99. The normalized spacial score (nSPS) is 13.1. The summed E-state index contributed by atoms with van der Waals surface area (Å²) >= 11 is 3.44. The molecule has 14 heavy (non-hydrogen) atoms. The number of nitrogens with zero attached hydrogens (tertiary/aromatic N) is 2. The number of rotatable bonds is 6. The van der Waals surface area contributed by atoms with Crippen molar-refractivity contribution in [2.45, 2.75) is 25.8 Å². The van der Waals surface area contributed by atoms with E-state index in [0.717, 1.165) is 18.3 Å². The lowest BCUT2D eigenvalue weighted by Crippen LogP contribution is -2.28. The largest absolute Gasteiger partial charge is 0.314 e. The molecule has 0 bridgehead atoms. The highest BCUT2D eigenvalue weighted by Crippen LogP contribution is 1.98. The summed E-state index contributed by atoms with van der Waals surface area (Å²) < 4.78 is 1.84. The summed E-state index contributed by atoms with van der Waals surface area (Å²) in [7, 11) is 1.95. The van der Waals surface area contributed by atoms with E-state index in [-0.39, 0.29) is 0 Å². The lowest BCUT2D eigenvalue weighted by atomic mass is 10.2. The number of aryl methyl sites for hydroxylation is 1. The molecule has 0 aliphatic rings. The summed E-state index contributed by atoms with van der Waals surface area (Å²) in [5.41, 5.74) is 1.30. The first-order chi connectivity index (χ1) is 6.72. The molecule has 3 nitrogen and oxygen atoms in total. The van der Waals surface area contributed by atoms with Crippen LogP contribution in [0.3, 0.4) is 0 Å². The standard InChI is InChI=1S/C10H18BrN3/c1-9(3-5-11)12-6-4-10-7-13-14(2)8-10/h7-9,12H,3-6H2,1-2H3. The van der Waals surface area contributed by atoms with Gasteiger partial charge in [0.25, 0.3) is 0 Å². The molecule has 0 fully saturated rings. The number of halogens is 1. The maximum absolute atomic E-state index is 4.13. The molecular formula is C10H18BrN3. The average Bonchev–Trinajstić information content (AvgIpc) is 2.52. The van der Waals surface area contributed by atoms with Gasteiger partial charge >= 0.3 is 0 Å². The molecule has 1 aromatic heterocycles. The van der Waals surface area contributed by atoms with Crippen molar-refractivity contribution < 1.29 is 0 Å². The van der Waals surface area contributed by atoms with Crippen molar-refractivity contribution in [1.82, 2.24) is 15.1 Å². The van der Waals surface area contributed by atoms with Gasteiger partial charge in [-0.15, -0.1) is 0 Å². The van der Waals surface area contributed by atoms with Gasteiger partial charge in [-0.1, -0.05) is 15.9 Å². The van der Waals surface area contributed by atoms with Crippen molar-refractivity contribution in [3.8, 4) is 0 Å². The third-order valence-corrected chi connectivity index (χ3v) is 2.66. The third kappa shape index (κ3) is 4.24. The Balaban J connectivity index is 2.15. The molecule has 1 N–H and O–H groups in total. The highest BCUT2D eigenvalue weighted by atomic mass is 79.9. The molecule has 0 spiro atoms. The van der Waals surface area contributed by atoms with Gasteiger partial charge in [-0.2, -0.15) is 5.10 Å². The Hall–Kier alpha value is -0.350. The SMILES string of the molecule is CC(CCBr)NCCc1cnn(C)c1. The van der Waals surface area contributed by atoms with Gasteiger partial charge in [0.1, 0.15) is 0 Å². The van der Waals surface area contributed by atoms with E-state index in [1.165, 1.54) is 12.0 Å². The zero-order chi connectivity index (χ0) is 10.4. The molecule has 1 unspecified atom stereocenters. The molecule has 1 aromatic rings. The first-order valence-corrected chi connectivity index (χ1v) is 6.11. The molecule has 0 aliphatic carbocycles. The molecule has 80 valence electrons. The third-order valence-electron chi connectivity index (χ3n) is 2.21. The van der Waals surface area contributed by atoms with E-state index in [1.807, 2.05) is 17.9 Å². The fourth-order valence-electron chi connectivity index (χ4n) is 1.33. The summed E-state index contributed by atoms with van der Waals surface area (Å²) in [6.45, 7) is 3.24. The Labute approximate surface area is 94.0 Å². The minimum Gasteiger partial charge on any atom is -0.314 e. The van der Waals surface area contributed by atoms with Crippen molar-refractivity contribution >= 4 is 15.9 Å². The minimum absolute atomic E-state index is 0.589. The number of nitrogens with one attached hydrogen (secondary N) is 1. The maximum Gasteiger partial charge on any atom is 0.0522 e. The van der Waals surface area contributed by atoms with Gasteiger partial charge in [0.05, 0.1) is 6.20 Å². The van der Waals surface area contributed by atoms with Gasteiger partial charge in [0, 0.05) is 24.6 Å². The van der Waals surface area contributed by atoms with Crippen molar-refractivity contribution in [2.75, 3.05) is 11.9 Å². The van der Waals surface area contributed by atoms with Crippen molar-refractivity contribution in [3.05, 3.63) is 18.0 Å². The van der Waals surface area contributed by atoms with Crippen LogP contribution >= 0.6 is 15.9 Å². The predicted molar refractivity (Wildman–Crippen MR) is 62.8 cm³/mol. The Bertz CT molecular complexity index is 260. The van der Waals surface area contributed by atoms with Crippen LogP contribution < -0.4 is 5.32 Å². The van der Waals surface area contributed by atoms with Gasteiger partial charge in [-0.05, 0) is 31.9 Å². The molecule has 0 saturated carbocycles. The van der Waals surface area contributed by atoms with E-state index in [1.54, 1.807) is 0 Å². The lowest BCUT2D eigenvalue weighted by Gasteiger charge is -2.11. The molecule has 1 rings (SSSR count). The summed E-state index contributed by atoms with van der Waals surface area (Å²) in [5.74, 6) is 0. The van der Waals surface area contributed by atoms with Crippen LogP contribution in [0, 0.1) is 0 Å². The van der Waals surface area contributed by atoms with Crippen LogP contribution in [-0.4, -0.2) is 27.7 Å². The van der Waals surface area contributed by atoms with Crippen LogP contribution in [0.1, 0.15) is 18.9 Å². The summed E-state index contributed by atoms with van der Waals surface area (Å²) in [4.78, 5) is 0. The van der Waals surface area contributed by atoms with E-state index in [0.29, 0.717) is 6.04 Å². The molecule has 1 heterocycles. The van der Waals surface area contributed by atoms with E-state index in [9.17, 15) is 0 Å². The van der Waals surface area contributed by atoms with Gasteiger partial charge in [0.15, 0.2) is 0 Å². The second-order valence-corrected chi connectivity index (χ2v) is 4.40. The highest BCUT2D eigenvalue weighted by Gasteiger charge is 2.00. The topological polar surface area (TPSA) is 29.9 Å². The molecular weight excluding hydrogens is 242 g/mol. The molecule has 4 heteroatoms. The number of alkyl halides is 1. The van der Waals surface area contributed by atoms with Gasteiger partial charge in [-0.3, -0.25) is 4.68 Å². The van der Waals surface area contributed by atoms with Gasteiger partial charge in [0.2, 0.25) is 0 Å². The van der Waals surface area contributed by atoms with Gasteiger partial charge < -0.3 is 5.32 Å². The zero-order valence-corrected chi connectivity index (χ0v) is 10.4. The Kier molecular flexibility index (Phi) is 5.19. The molecule has 0 aliphatic heterocycles. The fraction of sp³-hybridized carbons (Fsp3) is 0.700. The van der Waals surface area contributed by atoms with Crippen molar-refractivity contribution in [3.63, 3.8) is 0 Å².